The summed E-state index contributed by atoms with van der Waals surface area (Å²) in [5.74, 6) is 0.732. The predicted molar refractivity (Wildman–Crippen MR) is 183 cm³/mol. The van der Waals surface area contributed by atoms with Gasteiger partial charge >= 0.3 is 0 Å². The number of benzene rings is 2. The van der Waals surface area contributed by atoms with Crippen LogP contribution in [0.15, 0.2) is 47.4 Å². The molecule has 2 aromatic carbocycles. The molecule has 0 saturated heterocycles. The third-order valence-corrected chi connectivity index (χ3v) is 10.9. The SMILES string of the molecule is C[C@@H]1CCCCO[C@@H](CN(C)CC2CCCCC2)[C@@H](C)CN([C@H](C)CO)C(=O)c2cc(NS(=O)(=O)c3ccc(Cl)cc3)ccc2O1. The van der Waals surface area contributed by atoms with Crippen molar-refractivity contribution < 1.29 is 27.8 Å². The van der Waals surface area contributed by atoms with Crippen LogP contribution in [0.3, 0.4) is 0 Å². The van der Waals surface area contributed by atoms with Crippen molar-refractivity contribution in [3.05, 3.63) is 53.1 Å². The molecule has 2 aliphatic rings. The molecular formula is C35H52ClN3O6S. The molecule has 0 unspecified atom stereocenters. The van der Waals surface area contributed by atoms with Crippen molar-refractivity contribution in [1.82, 2.24) is 9.80 Å². The fraction of sp³-hybridized carbons (Fsp3) is 0.629. The van der Waals surface area contributed by atoms with Gasteiger partial charge in [0.1, 0.15) is 5.75 Å². The Kier molecular flexibility index (Phi) is 13.6. The number of aliphatic hydroxyl groups excluding tert-OH is 1. The van der Waals surface area contributed by atoms with Crippen LogP contribution < -0.4 is 9.46 Å². The van der Waals surface area contributed by atoms with E-state index >= 15 is 0 Å². The number of ether oxygens (including phenoxy) is 2. The molecule has 1 aliphatic carbocycles. The molecule has 0 bridgehead atoms. The number of carbonyl (C=O) groups is 1. The first kappa shape index (κ1) is 36.5. The number of hydrogen-bond acceptors (Lipinski definition) is 7. The number of rotatable bonds is 9. The number of sulfonamides is 1. The molecular weight excluding hydrogens is 626 g/mol. The Morgan fingerprint density at radius 2 is 1.72 bits per heavy atom. The van der Waals surface area contributed by atoms with Crippen LogP contribution in [0, 0.1) is 11.8 Å². The zero-order chi connectivity index (χ0) is 33.3. The van der Waals surface area contributed by atoms with E-state index in [1.54, 1.807) is 17.0 Å². The van der Waals surface area contributed by atoms with Crippen LogP contribution in [0.2, 0.25) is 5.02 Å². The van der Waals surface area contributed by atoms with Crippen molar-refractivity contribution in [2.45, 2.75) is 95.3 Å². The summed E-state index contributed by atoms with van der Waals surface area (Å²) >= 11 is 5.96. The summed E-state index contributed by atoms with van der Waals surface area (Å²) in [6, 6.07) is 10.2. The van der Waals surface area contributed by atoms with Gasteiger partial charge in [-0.25, -0.2) is 8.42 Å². The van der Waals surface area contributed by atoms with Crippen molar-refractivity contribution in [2.24, 2.45) is 11.8 Å². The molecule has 2 N–H and O–H groups in total. The van der Waals surface area contributed by atoms with E-state index in [1.165, 1.54) is 62.4 Å². The number of amides is 1. The summed E-state index contributed by atoms with van der Waals surface area (Å²) in [6.45, 7) is 8.46. The molecule has 0 radical (unpaired) electrons. The zero-order valence-corrected chi connectivity index (χ0v) is 29.4. The van der Waals surface area contributed by atoms with Gasteiger partial charge in [-0.2, -0.15) is 0 Å². The van der Waals surface area contributed by atoms with E-state index in [9.17, 15) is 18.3 Å². The van der Waals surface area contributed by atoms with E-state index in [-0.39, 0.29) is 46.8 Å². The van der Waals surface area contributed by atoms with Gasteiger partial charge in [0.15, 0.2) is 0 Å². The summed E-state index contributed by atoms with van der Waals surface area (Å²) in [5.41, 5.74) is 0.467. The Balaban J connectivity index is 1.62. The maximum Gasteiger partial charge on any atom is 0.261 e. The Morgan fingerprint density at radius 1 is 1.02 bits per heavy atom. The maximum absolute atomic E-state index is 14.4. The lowest BCUT2D eigenvalue weighted by atomic mass is 9.89. The highest BCUT2D eigenvalue weighted by Gasteiger charge is 2.31. The van der Waals surface area contributed by atoms with Gasteiger partial charge in [0, 0.05) is 42.9 Å². The Bertz CT molecular complexity index is 1370. The van der Waals surface area contributed by atoms with Gasteiger partial charge in [-0.1, -0.05) is 37.8 Å². The molecule has 2 aromatic rings. The number of aliphatic hydroxyl groups is 1. The predicted octanol–water partition coefficient (Wildman–Crippen LogP) is 6.45. The van der Waals surface area contributed by atoms with Crippen molar-refractivity contribution in [3.8, 4) is 5.75 Å². The first-order chi connectivity index (χ1) is 22.0. The Labute approximate surface area is 280 Å². The minimum Gasteiger partial charge on any atom is -0.490 e. The number of nitrogens with zero attached hydrogens (tertiary/aromatic N) is 2. The highest BCUT2D eigenvalue weighted by molar-refractivity contribution is 7.92. The lowest BCUT2D eigenvalue weighted by Gasteiger charge is -2.36. The summed E-state index contributed by atoms with van der Waals surface area (Å²) in [5, 5.41) is 10.7. The van der Waals surface area contributed by atoms with Gasteiger partial charge < -0.3 is 24.4 Å². The molecule has 1 saturated carbocycles. The molecule has 256 valence electrons. The topological polar surface area (TPSA) is 108 Å². The highest BCUT2D eigenvalue weighted by Crippen LogP contribution is 2.30. The normalized spacial score (nSPS) is 23.3. The third-order valence-electron chi connectivity index (χ3n) is 9.21. The molecule has 4 atom stereocenters. The second kappa shape index (κ2) is 17.2. The van der Waals surface area contributed by atoms with Gasteiger partial charge in [-0.15, -0.1) is 0 Å². The monoisotopic (exact) mass is 677 g/mol. The van der Waals surface area contributed by atoms with Gasteiger partial charge in [-0.3, -0.25) is 9.52 Å². The second-order valence-electron chi connectivity index (χ2n) is 13.3. The number of anilines is 1. The molecule has 1 amide bonds. The van der Waals surface area contributed by atoms with Crippen molar-refractivity contribution >= 4 is 33.2 Å². The van der Waals surface area contributed by atoms with E-state index in [4.69, 9.17) is 21.1 Å². The van der Waals surface area contributed by atoms with E-state index in [1.807, 2.05) is 13.8 Å². The summed E-state index contributed by atoms with van der Waals surface area (Å²) < 4.78 is 41.7. The van der Waals surface area contributed by atoms with Crippen LogP contribution in [0.25, 0.3) is 0 Å². The number of carbonyl (C=O) groups excluding carboxylic acids is 1. The van der Waals surface area contributed by atoms with Gasteiger partial charge in [-0.05, 0) is 101 Å². The van der Waals surface area contributed by atoms with Crippen LogP contribution in [0.5, 0.6) is 5.75 Å². The average molecular weight is 678 g/mol. The fourth-order valence-corrected chi connectivity index (χ4v) is 7.64. The van der Waals surface area contributed by atoms with Crippen molar-refractivity contribution in [1.29, 1.82) is 0 Å². The Morgan fingerprint density at radius 3 is 2.41 bits per heavy atom. The molecule has 46 heavy (non-hydrogen) atoms. The lowest BCUT2D eigenvalue weighted by Crippen LogP contribution is -2.47. The van der Waals surface area contributed by atoms with Gasteiger partial charge in [0.25, 0.3) is 15.9 Å². The highest BCUT2D eigenvalue weighted by atomic mass is 35.5. The first-order valence-electron chi connectivity index (χ1n) is 16.8. The number of likely N-dealkylation sites (N-methyl/N-ethyl adjacent to an activating group) is 1. The minimum atomic E-state index is -3.94. The number of hydrogen-bond donors (Lipinski definition) is 2. The molecule has 11 heteroatoms. The standard InChI is InChI=1S/C35H52ClN3O6S/c1-25-21-39(26(2)24-40)35(41)32-20-30(37-46(42,43)31-16-13-29(36)14-17-31)15-18-33(32)45-27(3)10-8-9-19-44-34(25)23-38(4)22-28-11-6-5-7-12-28/h13-18,20,25-28,34,37,40H,5-12,19,21-24H2,1-4H3/t25-,26+,27+,34-/m0/s1. The molecule has 1 aliphatic heterocycles. The number of halogens is 1. The van der Waals surface area contributed by atoms with Crippen LogP contribution in [0.1, 0.15) is 82.5 Å². The van der Waals surface area contributed by atoms with Gasteiger partial charge in [0.05, 0.1) is 35.3 Å². The van der Waals surface area contributed by atoms with Crippen LogP contribution in [0.4, 0.5) is 5.69 Å². The van der Waals surface area contributed by atoms with E-state index in [0.717, 1.165) is 32.4 Å². The summed E-state index contributed by atoms with van der Waals surface area (Å²) in [7, 11) is -1.78. The van der Waals surface area contributed by atoms with Crippen molar-refractivity contribution in [2.75, 3.05) is 44.6 Å². The molecule has 1 fully saturated rings. The largest absolute Gasteiger partial charge is 0.490 e. The summed E-state index contributed by atoms with van der Waals surface area (Å²) in [6.07, 6.45) is 8.82. The first-order valence-corrected chi connectivity index (χ1v) is 18.6. The fourth-order valence-electron chi connectivity index (χ4n) is 6.47. The summed E-state index contributed by atoms with van der Waals surface area (Å²) in [4.78, 5) is 18.5. The number of fused-ring (bicyclic) bond motifs is 1. The van der Waals surface area contributed by atoms with Crippen molar-refractivity contribution in [3.63, 3.8) is 0 Å². The number of nitrogens with one attached hydrogen (secondary N) is 1. The second-order valence-corrected chi connectivity index (χ2v) is 15.4. The quantitative estimate of drug-likeness (QED) is 0.314. The van der Waals surface area contributed by atoms with Gasteiger partial charge in [0.2, 0.25) is 0 Å². The molecule has 0 aromatic heterocycles. The maximum atomic E-state index is 14.4. The van der Waals surface area contributed by atoms with E-state index in [2.05, 4.69) is 23.6 Å². The van der Waals surface area contributed by atoms with Crippen LogP contribution >= 0.6 is 11.6 Å². The minimum absolute atomic E-state index is 0.0235. The third kappa shape index (κ3) is 10.3. The molecule has 4 rings (SSSR count). The lowest BCUT2D eigenvalue weighted by molar-refractivity contribution is -0.0190. The van der Waals surface area contributed by atoms with Crippen LogP contribution in [-0.4, -0.2) is 87.4 Å². The molecule has 0 spiro atoms. The molecule has 9 nitrogen and oxygen atoms in total. The zero-order valence-electron chi connectivity index (χ0n) is 27.8. The van der Waals surface area contributed by atoms with E-state index in [0.29, 0.717) is 29.8 Å². The average Bonchev–Trinajstić information content (AvgIpc) is 3.03. The van der Waals surface area contributed by atoms with E-state index < -0.39 is 16.1 Å². The molecule has 1 heterocycles. The smallest absolute Gasteiger partial charge is 0.261 e. The Hall–Kier alpha value is -2.37. The van der Waals surface area contributed by atoms with Crippen LogP contribution in [-0.2, 0) is 14.8 Å².